The molecule has 0 aliphatic rings. The molecule has 0 aromatic rings. The second kappa shape index (κ2) is 22.9. The van der Waals surface area contributed by atoms with Gasteiger partial charge in [-0.15, -0.1) is 11.6 Å². The first-order valence-corrected chi connectivity index (χ1v) is 10.9. The number of hydrogen-bond acceptors (Lipinski definition) is 0. The molecule has 0 atom stereocenters. The molecule has 8 heavy (non-hydrogen) atoms. The summed E-state index contributed by atoms with van der Waals surface area (Å²) in [6.07, 6.45) is 1.47. The summed E-state index contributed by atoms with van der Waals surface area (Å²) in [4.78, 5) is 0. The predicted molar refractivity (Wildman–Crippen MR) is 51.8 cm³/mol. The Balaban J connectivity index is -0.0000000183. The third-order valence-corrected chi connectivity index (χ3v) is 0. The van der Waals surface area contributed by atoms with Crippen LogP contribution in [-0.4, -0.2) is 40.4 Å². The van der Waals surface area contributed by atoms with Crippen LogP contribution in [-0.2, 0) is 0 Å². The van der Waals surface area contributed by atoms with E-state index in [1.54, 1.807) is 0 Å². The Morgan fingerprint density at radius 3 is 1.12 bits per heavy atom. The molecule has 0 aliphatic carbocycles. The minimum atomic E-state index is -1.53. The van der Waals surface area contributed by atoms with E-state index in [1.165, 1.54) is 6.38 Å². The number of rotatable bonds is 0. The fourth-order valence-corrected chi connectivity index (χ4v) is 0. The first kappa shape index (κ1) is 22.5. The summed E-state index contributed by atoms with van der Waals surface area (Å²) in [5.41, 5.74) is 1.89. The number of halogens is 3. The molecule has 0 aromatic carbocycles. The van der Waals surface area contributed by atoms with Crippen molar-refractivity contribution in [3.05, 3.63) is 0 Å². The van der Waals surface area contributed by atoms with E-state index >= 15 is 0 Å². The second-order valence-corrected chi connectivity index (χ2v) is 10.7. The van der Waals surface area contributed by atoms with Crippen molar-refractivity contribution >= 4 is 64.9 Å². The number of hydrogen-bond donors (Lipinski definition) is 0. The van der Waals surface area contributed by atoms with Crippen LogP contribution in [0, 0.1) is 0 Å². The molecule has 0 fully saturated rings. The summed E-state index contributed by atoms with van der Waals surface area (Å²) in [5, 5.41) is 0. The van der Waals surface area contributed by atoms with Crippen LogP contribution < -0.4 is 0 Å². The standard InChI is InChI=1S/CH3Cl.CH4.CH3.2ClH.2Ga.3H/c1-2;;;;;;;;;/h1H3;1H4;1H3;2*1H;;;;;/q;;;;;;+2;;;/p-2. The molecular formula is C3H13Cl3Ga2. The van der Waals surface area contributed by atoms with Gasteiger partial charge in [0.05, 0.1) is 0 Å². The van der Waals surface area contributed by atoms with E-state index < -0.39 is 14.2 Å². The quantitative estimate of drug-likeness (QED) is 0.473. The summed E-state index contributed by atoms with van der Waals surface area (Å²) in [7, 11) is 10.5. The van der Waals surface area contributed by atoms with E-state index in [9.17, 15) is 0 Å². The monoisotopic (exact) mass is 292 g/mol. The van der Waals surface area contributed by atoms with Gasteiger partial charge in [0.15, 0.2) is 0 Å². The molecule has 0 aliphatic heterocycles. The Hall–Kier alpha value is 2.14. The van der Waals surface area contributed by atoms with Crippen LogP contribution in [0.4, 0.5) is 0 Å². The Bertz CT molecular complexity index is 17.2. The van der Waals surface area contributed by atoms with Crippen molar-refractivity contribution in [3.8, 4) is 0 Å². The van der Waals surface area contributed by atoms with Crippen LogP contribution in [0.5, 0.6) is 0 Å². The summed E-state index contributed by atoms with van der Waals surface area (Å²) in [6, 6.07) is 0. The SMILES string of the molecule is C.CCl.[CH3][Ga]([Cl])[Cl].[GaH3]. The van der Waals surface area contributed by atoms with Crippen molar-refractivity contribution in [1.82, 2.24) is 0 Å². The van der Waals surface area contributed by atoms with Gasteiger partial charge in [-0.2, -0.15) is 0 Å². The summed E-state index contributed by atoms with van der Waals surface area (Å²) < 4.78 is 0. The molecule has 52 valence electrons. The van der Waals surface area contributed by atoms with Crippen molar-refractivity contribution in [2.45, 2.75) is 12.9 Å². The molecule has 0 saturated heterocycles. The summed E-state index contributed by atoms with van der Waals surface area (Å²) in [6.45, 7) is 0. The van der Waals surface area contributed by atoms with E-state index in [4.69, 9.17) is 19.3 Å². The molecule has 0 N–H and O–H groups in total. The maximum atomic E-state index is 5.23. The third kappa shape index (κ3) is 90.5. The van der Waals surface area contributed by atoms with Gasteiger partial charge in [0.2, 0.25) is 0 Å². The molecular weight excluding hydrogens is 282 g/mol. The molecule has 0 spiro atoms. The van der Waals surface area contributed by atoms with Gasteiger partial charge in [-0.05, 0) is 0 Å². The fraction of sp³-hybridized carbons (Fsp3) is 1.00. The van der Waals surface area contributed by atoms with Gasteiger partial charge in [0.1, 0.15) is 0 Å². The summed E-state index contributed by atoms with van der Waals surface area (Å²) in [5.74, 6) is 0. The van der Waals surface area contributed by atoms with Gasteiger partial charge >= 0.3 is 58.8 Å². The van der Waals surface area contributed by atoms with Crippen LogP contribution in [0.1, 0.15) is 7.43 Å². The van der Waals surface area contributed by atoms with E-state index in [0.29, 0.717) is 0 Å². The van der Waals surface area contributed by atoms with Gasteiger partial charge in [0.25, 0.3) is 0 Å². The van der Waals surface area contributed by atoms with Crippen LogP contribution in [0.3, 0.4) is 0 Å². The minimum absolute atomic E-state index is 0. The molecule has 0 nitrogen and oxygen atoms in total. The molecule has 0 aromatic heterocycles. The summed E-state index contributed by atoms with van der Waals surface area (Å²) >= 11 is 3.10. The molecule has 0 rings (SSSR count). The van der Waals surface area contributed by atoms with E-state index in [2.05, 4.69) is 11.6 Å². The Kier molecular flexibility index (Phi) is 64.4. The molecule has 0 unspecified atom stereocenters. The van der Waals surface area contributed by atoms with Gasteiger partial charge in [-0.25, -0.2) is 0 Å². The average molecular weight is 295 g/mol. The van der Waals surface area contributed by atoms with E-state index in [0.717, 1.165) is 0 Å². The zero-order valence-corrected chi connectivity index (χ0v) is 8.40. The van der Waals surface area contributed by atoms with Crippen LogP contribution in [0.25, 0.3) is 0 Å². The molecule has 5 heteroatoms. The predicted octanol–water partition coefficient (Wildman–Crippen LogP) is 1.89. The topological polar surface area (TPSA) is 0 Å². The Morgan fingerprint density at radius 2 is 1.12 bits per heavy atom. The average Bonchev–Trinajstić information content (AvgIpc) is 1.41. The van der Waals surface area contributed by atoms with Crippen LogP contribution >= 0.6 is 30.9 Å². The molecule has 0 amide bonds. The van der Waals surface area contributed by atoms with Gasteiger partial charge in [0, 0.05) is 6.38 Å². The van der Waals surface area contributed by atoms with Crippen molar-refractivity contribution in [2.24, 2.45) is 0 Å². The number of alkyl halides is 1. The van der Waals surface area contributed by atoms with Crippen molar-refractivity contribution in [2.75, 3.05) is 6.38 Å². The molecule has 0 bridgehead atoms. The van der Waals surface area contributed by atoms with Crippen molar-refractivity contribution in [1.29, 1.82) is 0 Å². The zero-order valence-electron chi connectivity index (χ0n) is 3.71. The van der Waals surface area contributed by atoms with Crippen molar-refractivity contribution < 1.29 is 0 Å². The molecule has 0 heterocycles. The fourth-order valence-electron chi connectivity index (χ4n) is 0. The third-order valence-electron chi connectivity index (χ3n) is 0. The first-order chi connectivity index (χ1) is 2.73. The van der Waals surface area contributed by atoms with Crippen LogP contribution in [0.2, 0.25) is 5.48 Å². The van der Waals surface area contributed by atoms with E-state index in [1.807, 2.05) is 5.48 Å². The first-order valence-electron chi connectivity index (χ1n) is 1.39. The Morgan fingerprint density at radius 1 is 1.12 bits per heavy atom. The molecule has 0 radical (unpaired) electrons. The van der Waals surface area contributed by atoms with Crippen molar-refractivity contribution in [3.63, 3.8) is 0 Å². The van der Waals surface area contributed by atoms with Gasteiger partial charge in [-0.3, -0.25) is 0 Å². The van der Waals surface area contributed by atoms with E-state index in [-0.39, 0.29) is 27.2 Å². The zero-order chi connectivity index (χ0) is 5.58. The maximum absolute atomic E-state index is 5.23. The van der Waals surface area contributed by atoms with Gasteiger partial charge < -0.3 is 0 Å². The molecule has 0 saturated carbocycles. The normalized spacial score (nSPS) is 4.12. The Labute approximate surface area is 83.4 Å². The van der Waals surface area contributed by atoms with Crippen LogP contribution in [0.15, 0.2) is 0 Å². The second-order valence-electron chi connectivity index (χ2n) is 0.519. The van der Waals surface area contributed by atoms with Gasteiger partial charge in [-0.1, -0.05) is 7.43 Å².